The van der Waals surface area contributed by atoms with E-state index in [4.69, 9.17) is 0 Å². The van der Waals surface area contributed by atoms with Crippen LogP contribution in [0.15, 0.2) is 24.4 Å². The highest BCUT2D eigenvalue weighted by Gasteiger charge is 2.20. The Morgan fingerprint density at radius 2 is 2.40 bits per heavy atom. The van der Waals surface area contributed by atoms with Crippen molar-refractivity contribution in [3.8, 4) is 0 Å². The Morgan fingerprint density at radius 3 is 3.15 bits per heavy atom. The summed E-state index contributed by atoms with van der Waals surface area (Å²) < 4.78 is 0. The van der Waals surface area contributed by atoms with Crippen LogP contribution in [0.1, 0.15) is 28.0 Å². The zero-order chi connectivity index (χ0) is 13.9. The summed E-state index contributed by atoms with van der Waals surface area (Å²) in [6.45, 7) is 5.19. The van der Waals surface area contributed by atoms with Gasteiger partial charge in [-0.05, 0) is 18.7 Å². The van der Waals surface area contributed by atoms with Crippen LogP contribution in [0.2, 0.25) is 0 Å². The van der Waals surface area contributed by atoms with Crippen LogP contribution in [0.25, 0.3) is 0 Å². The number of carbonyl (C=O) groups excluding carboxylic acids is 1. The lowest BCUT2D eigenvalue weighted by atomic mass is 10.2. The monoisotopic (exact) mass is 288 g/mol. The van der Waals surface area contributed by atoms with Crippen LogP contribution >= 0.6 is 11.3 Å². The van der Waals surface area contributed by atoms with Gasteiger partial charge in [0.05, 0.1) is 5.69 Å². The molecule has 1 aliphatic rings. The molecule has 0 atom stereocenters. The first-order valence-corrected chi connectivity index (χ1v) is 7.51. The molecule has 6 heteroatoms. The van der Waals surface area contributed by atoms with E-state index in [0.717, 1.165) is 31.7 Å². The molecule has 0 aliphatic carbocycles. The zero-order valence-electron chi connectivity index (χ0n) is 11.3. The van der Waals surface area contributed by atoms with Crippen LogP contribution < -0.4 is 5.32 Å². The molecular formula is C14H16N4OS. The molecule has 2 aromatic heterocycles. The van der Waals surface area contributed by atoms with E-state index in [2.05, 4.69) is 27.1 Å². The molecule has 0 bridgehead atoms. The first kappa shape index (κ1) is 13.2. The maximum atomic E-state index is 12.0. The van der Waals surface area contributed by atoms with Crippen LogP contribution in [0.5, 0.6) is 0 Å². The van der Waals surface area contributed by atoms with E-state index in [1.54, 1.807) is 35.7 Å². The van der Waals surface area contributed by atoms with Gasteiger partial charge in [-0.25, -0.2) is 4.98 Å². The number of fused-ring (bicyclic) bond motifs is 1. The van der Waals surface area contributed by atoms with Crippen molar-refractivity contribution in [1.29, 1.82) is 0 Å². The molecule has 20 heavy (non-hydrogen) atoms. The minimum atomic E-state index is -0.205. The number of aromatic nitrogens is 2. The number of carbonyl (C=O) groups is 1. The average molecular weight is 288 g/mol. The van der Waals surface area contributed by atoms with E-state index in [0.29, 0.717) is 10.8 Å². The lowest BCUT2D eigenvalue weighted by molar-refractivity contribution is 0.102. The van der Waals surface area contributed by atoms with E-state index in [-0.39, 0.29) is 5.91 Å². The molecule has 2 aromatic rings. The van der Waals surface area contributed by atoms with Gasteiger partial charge >= 0.3 is 0 Å². The van der Waals surface area contributed by atoms with Gasteiger partial charge in [0.2, 0.25) is 0 Å². The fraction of sp³-hybridized carbons (Fsp3) is 0.357. The summed E-state index contributed by atoms with van der Waals surface area (Å²) in [6.07, 6.45) is 2.57. The molecule has 0 fully saturated rings. The molecule has 0 spiro atoms. The van der Waals surface area contributed by atoms with Crippen molar-refractivity contribution < 1.29 is 4.79 Å². The summed E-state index contributed by atoms with van der Waals surface area (Å²) in [6, 6.07) is 5.29. The standard InChI is InChI=1S/C14H16N4OS/c1-2-18-8-6-10-12(9-18)20-14(16-10)17-13(19)11-5-3-4-7-15-11/h3-5,7H,2,6,8-9H2,1H3,(H,16,17,19). The Balaban J connectivity index is 1.73. The van der Waals surface area contributed by atoms with Gasteiger partial charge in [-0.15, -0.1) is 11.3 Å². The third kappa shape index (κ3) is 2.71. The molecule has 5 nitrogen and oxygen atoms in total. The van der Waals surface area contributed by atoms with Crippen LogP contribution in [-0.2, 0) is 13.0 Å². The van der Waals surface area contributed by atoms with Crippen LogP contribution in [0.3, 0.4) is 0 Å². The Labute approximate surface area is 121 Å². The highest BCUT2D eigenvalue weighted by molar-refractivity contribution is 7.15. The maximum absolute atomic E-state index is 12.0. The molecule has 0 radical (unpaired) electrons. The van der Waals surface area contributed by atoms with Gasteiger partial charge in [0.15, 0.2) is 5.13 Å². The number of hydrogen-bond donors (Lipinski definition) is 1. The van der Waals surface area contributed by atoms with Crippen molar-refractivity contribution in [3.05, 3.63) is 40.7 Å². The number of thiazole rings is 1. The van der Waals surface area contributed by atoms with Gasteiger partial charge in [-0.2, -0.15) is 0 Å². The van der Waals surface area contributed by atoms with E-state index in [1.165, 1.54) is 4.88 Å². The van der Waals surface area contributed by atoms with E-state index in [9.17, 15) is 4.79 Å². The fourth-order valence-electron chi connectivity index (χ4n) is 2.23. The van der Waals surface area contributed by atoms with Gasteiger partial charge < -0.3 is 0 Å². The molecule has 3 rings (SSSR count). The van der Waals surface area contributed by atoms with Crippen molar-refractivity contribution in [2.45, 2.75) is 19.9 Å². The predicted molar refractivity (Wildman–Crippen MR) is 79.0 cm³/mol. The molecule has 0 saturated heterocycles. The number of rotatable bonds is 3. The van der Waals surface area contributed by atoms with Crippen molar-refractivity contribution in [2.24, 2.45) is 0 Å². The highest BCUT2D eigenvalue weighted by atomic mass is 32.1. The van der Waals surface area contributed by atoms with E-state index >= 15 is 0 Å². The largest absolute Gasteiger partial charge is 0.298 e. The molecule has 0 saturated carbocycles. The number of amides is 1. The third-order valence-electron chi connectivity index (χ3n) is 3.38. The number of likely N-dealkylation sites (N-methyl/N-ethyl adjacent to an activating group) is 1. The van der Waals surface area contributed by atoms with Gasteiger partial charge in [0, 0.05) is 30.6 Å². The predicted octanol–water partition coefficient (Wildman–Crippen LogP) is 2.17. The second kappa shape index (κ2) is 5.68. The fourth-order valence-corrected chi connectivity index (χ4v) is 3.28. The minimum absolute atomic E-state index is 0.205. The lowest BCUT2D eigenvalue weighted by Crippen LogP contribution is -2.29. The first-order valence-electron chi connectivity index (χ1n) is 6.69. The third-order valence-corrected chi connectivity index (χ3v) is 4.37. The summed E-state index contributed by atoms with van der Waals surface area (Å²) in [5.74, 6) is -0.205. The molecule has 0 aromatic carbocycles. The van der Waals surface area contributed by atoms with Crippen LogP contribution in [0, 0.1) is 0 Å². The molecular weight excluding hydrogens is 272 g/mol. The second-order valence-corrected chi connectivity index (χ2v) is 5.76. The molecule has 1 amide bonds. The second-order valence-electron chi connectivity index (χ2n) is 4.68. The maximum Gasteiger partial charge on any atom is 0.276 e. The van der Waals surface area contributed by atoms with Gasteiger partial charge in [-0.1, -0.05) is 13.0 Å². The molecule has 0 unspecified atom stereocenters. The summed E-state index contributed by atoms with van der Waals surface area (Å²) in [7, 11) is 0. The summed E-state index contributed by atoms with van der Waals surface area (Å²) in [5.41, 5.74) is 1.53. The minimum Gasteiger partial charge on any atom is -0.298 e. The normalized spacial score (nSPS) is 14.8. The summed E-state index contributed by atoms with van der Waals surface area (Å²) in [4.78, 5) is 24.2. The molecule has 104 valence electrons. The Kier molecular flexibility index (Phi) is 3.75. The van der Waals surface area contributed by atoms with Gasteiger partial charge in [-0.3, -0.25) is 20.0 Å². The Morgan fingerprint density at radius 1 is 1.50 bits per heavy atom. The number of hydrogen-bond acceptors (Lipinski definition) is 5. The Hall–Kier alpha value is -1.79. The number of nitrogens with one attached hydrogen (secondary N) is 1. The topological polar surface area (TPSA) is 58.1 Å². The van der Waals surface area contributed by atoms with Crippen LogP contribution in [-0.4, -0.2) is 33.9 Å². The van der Waals surface area contributed by atoms with E-state index < -0.39 is 0 Å². The number of pyridine rings is 1. The van der Waals surface area contributed by atoms with Gasteiger partial charge in [0.25, 0.3) is 5.91 Å². The van der Waals surface area contributed by atoms with Crippen molar-refractivity contribution in [1.82, 2.24) is 14.9 Å². The number of nitrogens with zero attached hydrogens (tertiary/aromatic N) is 3. The quantitative estimate of drug-likeness (QED) is 0.940. The van der Waals surface area contributed by atoms with Crippen molar-refractivity contribution in [2.75, 3.05) is 18.4 Å². The SMILES string of the molecule is CCN1CCc2nc(NC(=O)c3ccccn3)sc2C1. The smallest absolute Gasteiger partial charge is 0.276 e. The molecule has 3 heterocycles. The van der Waals surface area contributed by atoms with Crippen molar-refractivity contribution in [3.63, 3.8) is 0 Å². The summed E-state index contributed by atoms with van der Waals surface area (Å²) >= 11 is 1.56. The zero-order valence-corrected chi connectivity index (χ0v) is 12.1. The van der Waals surface area contributed by atoms with Gasteiger partial charge in [0.1, 0.15) is 5.69 Å². The first-order chi connectivity index (χ1) is 9.76. The Bertz CT molecular complexity index is 611. The van der Waals surface area contributed by atoms with E-state index in [1.807, 2.05) is 0 Å². The summed E-state index contributed by atoms with van der Waals surface area (Å²) in [5, 5.41) is 3.51. The average Bonchev–Trinajstić information content (AvgIpc) is 2.89. The van der Waals surface area contributed by atoms with Crippen LogP contribution in [0.4, 0.5) is 5.13 Å². The van der Waals surface area contributed by atoms with Crippen molar-refractivity contribution >= 4 is 22.4 Å². The highest BCUT2D eigenvalue weighted by Crippen LogP contribution is 2.28. The number of anilines is 1. The molecule has 1 N–H and O–H groups in total. The lowest BCUT2D eigenvalue weighted by Gasteiger charge is -2.23. The molecule has 1 aliphatic heterocycles.